The van der Waals surface area contributed by atoms with Gasteiger partial charge < -0.3 is 9.64 Å². The molecule has 1 amide bonds. The molecule has 4 fully saturated rings. The summed E-state index contributed by atoms with van der Waals surface area (Å²) in [6, 6.07) is 6.32. The van der Waals surface area contributed by atoms with Gasteiger partial charge in [0, 0.05) is 31.5 Å². The summed E-state index contributed by atoms with van der Waals surface area (Å²) in [5.74, 6) is 0.214. The van der Waals surface area contributed by atoms with E-state index in [9.17, 15) is 10.1 Å². The highest BCUT2D eigenvalue weighted by molar-refractivity contribution is 5.86. The molecule has 6 nitrogen and oxygen atoms in total. The quantitative estimate of drug-likeness (QED) is 0.767. The van der Waals surface area contributed by atoms with Crippen molar-refractivity contribution in [3.05, 3.63) is 23.6 Å². The van der Waals surface area contributed by atoms with Crippen LogP contribution < -0.4 is 4.74 Å². The Morgan fingerprint density at radius 3 is 2.70 bits per heavy atom. The zero-order valence-electron chi connectivity index (χ0n) is 17.7. The Balaban J connectivity index is 1.41. The molecule has 3 atom stereocenters. The first-order valence-corrected chi connectivity index (χ1v) is 10.8. The van der Waals surface area contributed by atoms with Crippen molar-refractivity contribution in [2.75, 3.05) is 7.11 Å². The van der Waals surface area contributed by atoms with Crippen LogP contribution in [-0.4, -0.2) is 39.8 Å². The van der Waals surface area contributed by atoms with Crippen LogP contribution in [0, 0.1) is 28.5 Å². The minimum atomic E-state index is -0.428. The molecule has 4 aliphatic rings. The molecule has 0 spiro atoms. The lowest BCUT2D eigenvalue weighted by Gasteiger charge is -2.59. The van der Waals surface area contributed by atoms with E-state index < -0.39 is 5.82 Å². The number of nitrogens with zero attached hydrogens (tertiary/aromatic N) is 4. The number of methoxy groups -OCH3 is 1. The highest BCUT2D eigenvalue weighted by Crippen LogP contribution is 2.56. The number of halogens is 1. The smallest absolute Gasteiger partial charge is 0.223 e. The second-order valence-electron chi connectivity index (χ2n) is 9.54. The van der Waals surface area contributed by atoms with E-state index in [0.717, 1.165) is 32.1 Å². The summed E-state index contributed by atoms with van der Waals surface area (Å²) >= 11 is 0. The Hall–Kier alpha value is -2.62. The molecule has 0 radical (unpaired) electrons. The molecule has 0 N–H and O–H groups in total. The molecule has 6 rings (SSSR count). The van der Waals surface area contributed by atoms with Crippen molar-refractivity contribution in [2.24, 2.45) is 18.4 Å². The van der Waals surface area contributed by atoms with Crippen molar-refractivity contribution >= 4 is 16.8 Å². The monoisotopic (exact) mass is 410 g/mol. The number of aromatic nitrogens is 2. The standard InChI is InChI=1S/C23H27FN4O2/c1-13(22-20-17(27(2)26-22)4-5-18(30-3)21(20)24)6-19(29)28-15-7-14-8-16(28)11-23(9-14,10-15)12-25/h4-5,13-16H,6-11H2,1-3H3. The number of carbonyl (C=O) groups is 1. The van der Waals surface area contributed by atoms with E-state index in [1.54, 1.807) is 23.9 Å². The Labute approximate surface area is 175 Å². The van der Waals surface area contributed by atoms with E-state index in [4.69, 9.17) is 4.74 Å². The third-order valence-corrected chi connectivity index (χ3v) is 7.57. The molecule has 7 heteroatoms. The molecule has 3 unspecified atom stereocenters. The predicted octanol–water partition coefficient (Wildman–Crippen LogP) is 3.90. The van der Waals surface area contributed by atoms with Gasteiger partial charge in [0.25, 0.3) is 0 Å². The molecule has 1 aromatic carbocycles. The van der Waals surface area contributed by atoms with Crippen LogP contribution in [0.1, 0.15) is 57.1 Å². The van der Waals surface area contributed by atoms with E-state index in [1.165, 1.54) is 7.11 Å². The second-order valence-corrected chi connectivity index (χ2v) is 9.54. The van der Waals surface area contributed by atoms with Gasteiger partial charge in [0.05, 0.1) is 35.2 Å². The number of nitriles is 1. The number of ether oxygens (including phenoxy) is 1. The van der Waals surface area contributed by atoms with E-state index in [0.29, 0.717) is 28.9 Å². The van der Waals surface area contributed by atoms with E-state index >= 15 is 4.39 Å². The Bertz CT molecular complexity index is 1060. The van der Waals surface area contributed by atoms with E-state index in [1.807, 2.05) is 6.92 Å². The van der Waals surface area contributed by atoms with Crippen molar-refractivity contribution in [3.63, 3.8) is 0 Å². The minimum absolute atomic E-state index is 0.103. The third-order valence-electron chi connectivity index (χ3n) is 7.57. The first-order chi connectivity index (χ1) is 14.4. The largest absolute Gasteiger partial charge is 0.494 e. The number of fused-ring (bicyclic) bond motifs is 1. The van der Waals surface area contributed by atoms with Crippen LogP contribution in [0.25, 0.3) is 10.9 Å². The van der Waals surface area contributed by atoms with Crippen LogP contribution >= 0.6 is 0 Å². The number of hydrogen-bond acceptors (Lipinski definition) is 4. The SMILES string of the molecule is COc1ccc2c(c(C(C)CC(=O)N3C4CC5CC3CC(C#N)(C5)C4)nn2C)c1F. The molecule has 3 heterocycles. The molecule has 1 aromatic heterocycles. The highest BCUT2D eigenvalue weighted by Gasteiger charge is 2.56. The molecule has 2 aromatic rings. The van der Waals surface area contributed by atoms with Crippen LogP contribution in [0.3, 0.4) is 0 Å². The van der Waals surface area contributed by atoms with Crippen LogP contribution in [0.15, 0.2) is 12.1 Å². The summed E-state index contributed by atoms with van der Waals surface area (Å²) in [7, 11) is 3.23. The molecule has 2 saturated heterocycles. The fraction of sp³-hybridized carbons (Fsp3) is 0.609. The van der Waals surface area contributed by atoms with Gasteiger partial charge in [-0.3, -0.25) is 9.48 Å². The summed E-state index contributed by atoms with van der Waals surface area (Å²) in [6.45, 7) is 1.94. The summed E-state index contributed by atoms with van der Waals surface area (Å²) in [4.78, 5) is 15.4. The summed E-state index contributed by atoms with van der Waals surface area (Å²) in [5.41, 5.74) is 1.06. The number of aryl methyl sites for hydroxylation is 1. The van der Waals surface area contributed by atoms with Gasteiger partial charge in [0.15, 0.2) is 11.6 Å². The van der Waals surface area contributed by atoms with Crippen molar-refractivity contribution in [3.8, 4) is 11.8 Å². The number of carbonyl (C=O) groups excluding carboxylic acids is 1. The van der Waals surface area contributed by atoms with Crippen LogP contribution in [0.4, 0.5) is 4.39 Å². The molecule has 158 valence electrons. The van der Waals surface area contributed by atoms with Crippen LogP contribution in [0.2, 0.25) is 0 Å². The number of hydrogen-bond donors (Lipinski definition) is 0. The van der Waals surface area contributed by atoms with Gasteiger partial charge in [-0.15, -0.1) is 0 Å². The summed E-state index contributed by atoms with van der Waals surface area (Å²) in [6.07, 6.45) is 4.91. The number of piperidine rings is 2. The minimum Gasteiger partial charge on any atom is -0.494 e. The number of amides is 1. The van der Waals surface area contributed by atoms with Gasteiger partial charge in [-0.1, -0.05) is 6.92 Å². The predicted molar refractivity (Wildman–Crippen MR) is 109 cm³/mol. The summed E-state index contributed by atoms with van der Waals surface area (Å²) < 4.78 is 21.8. The molecule has 2 saturated carbocycles. The van der Waals surface area contributed by atoms with Gasteiger partial charge in [-0.25, -0.2) is 4.39 Å². The van der Waals surface area contributed by atoms with Crippen LogP contribution in [0.5, 0.6) is 5.75 Å². The zero-order chi connectivity index (χ0) is 21.2. The molecular formula is C23H27FN4O2. The van der Waals surface area contributed by atoms with Crippen molar-refractivity contribution in [1.82, 2.24) is 14.7 Å². The Kier molecular flexibility index (Phi) is 4.32. The molecule has 30 heavy (non-hydrogen) atoms. The van der Waals surface area contributed by atoms with Crippen LogP contribution in [-0.2, 0) is 11.8 Å². The lowest BCUT2D eigenvalue weighted by Crippen LogP contribution is -2.63. The van der Waals surface area contributed by atoms with Gasteiger partial charge in [0.1, 0.15) is 0 Å². The molecular weight excluding hydrogens is 383 g/mol. The molecule has 2 aliphatic carbocycles. The van der Waals surface area contributed by atoms with Crippen molar-refractivity contribution in [2.45, 2.75) is 63.5 Å². The third kappa shape index (κ3) is 2.73. The lowest BCUT2D eigenvalue weighted by atomic mass is 9.56. The molecule has 4 bridgehead atoms. The number of benzene rings is 1. The fourth-order valence-electron chi connectivity index (χ4n) is 6.46. The Morgan fingerprint density at radius 2 is 2.07 bits per heavy atom. The molecule has 2 aliphatic heterocycles. The average molecular weight is 410 g/mol. The van der Waals surface area contributed by atoms with Crippen molar-refractivity contribution < 1.29 is 13.9 Å². The fourth-order valence-corrected chi connectivity index (χ4v) is 6.46. The number of rotatable bonds is 4. The Morgan fingerprint density at radius 1 is 1.37 bits per heavy atom. The van der Waals surface area contributed by atoms with E-state index in [-0.39, 0.29) is 35.1 Å². The van der Waals surface area contributed by atoms with E-state index in [2.05, 4.69) is 16.1 Å². The maximum atomic E-state index is 15.0. The van der Waals surface area contributed by atoms with Crippen molar-refractivity contribution in [1.29, 1.82) is 5.26 Å². The second kappa shape index (κ2) is 6.69. The van der Waals surface area contributed by atoms with Gasteiger partial charge in [0.2, 0.25) is 5.91 Å². The zero-order valence-corrected chi connectivity index (χ0v) is 17.7. The topological polar surface area (TPSA) is 71.2 Å². The lowest BCUT2D eigenvalue weighted by molar-refractivity contribution is -0.153. The highest BCUT2D eigenvalue weighted by atomic mass is 19.1. The first kappa shape index (κ1) is 19.3. The first-order valence-electron chi connectivity index (χ1n) is 10.8. The van der Waals surface area contributed by atoms with Gasteiger partial charge in [-0.2, -0.15) is 10.4 Å². The normalized spacial score (nSPS) is 30.5. The maximum absolute atomic E-state index is 15.0. The average Bonchev–Trinajstić information content (AvgIpc) is 3.05. The van der Waals surface area contributed by atoms with Gasteiger partial charge >= 0.3 is 0 Å². The van der Waals surface area contributed by atoms with Gasteiger partial charge in [-0.05, 0) is 50.2 Å². The maximum Gasteiger partial charge on any atom is 0.223 e. The summed E-state index contributed by atoms with van der Waals surface area (Å²) in [5, 5.41) is 14.7.